The van der Waals surface area contributed by atoms with Crippen molar-refractivity contribution in [2.24, 2.45) is 0 Å². The van der Waals surface area contributed by atoms with Gasteiger partial charge in [-0.05, 0) is 35.4 Å². The summed E-state index contributed by atoms with van der Waals surface area (Å²) >= 11 is 1.92. The molecule has 0 N–H and O–H groups in total. The van der Waals surface area contributed by atoms with Crippen LogP contribution in [-0.2, 0) is 0 Å². The number of hydrogen-bond donors (Lipinski definition) is 0. The molecule has 0 saturated heterocycles. The molecule has 0 heterocycles. The van der Waals surface area contributed by atoms with Crippen LogP contribution in [0.2, 0.25) is 0 Å². The highest BCUT2D eigenvalue weighted by Crippen LogP contribution is 2.44. The van der Waals surface area contributed by atoms with Crippen LogP contribution in [0.5, 0.6) is 0 Å². The first-order valence-corrected chi connectivity index (χ1v) is 7.23. The third-order valence-electron chi connectivity index (χ3n) is 3.33. The van der Waals surface area contributed by atoms with Crippen LogP contribution in [0.4, 0.5) is 0 Å². The Hall–Kier alpha value is -1.47. The Kier molecular flexibility index (Phi) is 3.51. The van der Waals surface area contributed by atoms with Gasteiger partial charge < -0.3 is 0 Å². The van der Waals surface area contributed by atoms with E-state index < -0.39 is 0 Å². The highest BCUT2D eigenvalue weighted by Gasteiger charge is 2.21. The van der Waals surface area contributed by atoms with E-state index in [1.165, 1.54) is 28.2 Å². The Bertz CT molecular complexity index is 528. The summed E-state index contributed by atoms with van der Waals surface area (Å²) in [6, 6.07) is 21.5. The lowest BCUT2D eigenvalue weighted by atomic mass is 9.99. The van der Waals surface area contributed by atoms with E-state index in [-0.39, 0.29) is 0 Å². The second-order valence-corrected chi connectivity index (χ2v) is 5.71. The molecule has 2 aromatic carbocycles. The molecule has 3 rings (SSSR count). The molecule has 0 radical (unpaired) electrons. The minimum atomic E-state index is 0.594. The van der Waals surface area contributed by atoms with Crippen LogP contribution in [0.25, 0.3) is 0 Å². The molecule has 1 heteroatoms. The van der Waals surface area contributed by atoms with Gasteiger partial charge in [0.05, 0.1) is 0 Å². The van der Waals surface area contributed by atoms with Crippen LogP contribution in [0.15, 0.2) is 76.5 Å². The molecule has 0 saturated carbocycles. The first-order valence-electron chi connectivity index (χ1n) is 6.41. The van der Waals surface area contributed by atoms with E-state index in [0.29, 0.717) is 5.92 Å². The number of allylic oxidation sites excluding steroid dienone is 2. The summed E-state index contributed by atoms with van der Waals surface area (Å²) in [5, 5.41) is 0. The smallest absolute Gasteiger partial charge is 0.0153 e. The van der Waals surface area contributed by atoms with E-state index in [9.17, 15) is 0 Å². The first kappa shape index (κ1) is 11.6. The molecule has 0 aromatic heterocycles. The summed E-state index contributed by atoms with van der Waals surface area (Å²) in [6.07, 6.45) is 4.85. The van der Waals surface area contributed by atoms with Gasteiger partial charge in [0.2, 0.25) is 0 Å². The highest BCUT2D eigenvalue weighted by molar-refractivity contribution is 8.03. The van der Waals surface area contributed by atoms with Gasteiger partial charge in [-0.1, -0.05) is 66.4 Å². The minimum absolute atomic E-state index is 0.594. The highest BCUT2D eigenvalue weighted by atomic mass is 32.2. The van der Waals surface area contributed by atoms with Crippen molar-refractivity contribution in [2.45, 2.75) is 23.7 Å². The Balaban J connectivity index is 1.80. The summed E-state index contributed by atoms with van der Waals surface area (Å²) in [7, 11) is 0. The van der Waals surface area contributed by atoms with Crippen LogP contribution in [-0.4, -0.2) is 0 Å². The predicted molar refractivity (Wildman–Crippen MR) is 78.8 cm³/mol. The fourth-order valence-electron chi connectivity index (χ4n) is 2.43. The molecular weight excluding hydrogens is 236 g/mol. The van der Waals surface area contributed by atoms with Gasteiger partial charge in [-0.25, -0.2) is 0 Å². The minimum Gasteiger partial charge on any atom is -0.0942 e. The second kappa shape index (κ2) is 5.45. The molecule has 0 spiro atoms. The molecule has 1 aliphatic carbocycles. The fourth-order valence-corrected chi connectivity index (χ4v) is 3.59. The van der Waals surface area contributed by atoms with Crippen molar-refractivity contribution in [1.82, 2.24) is 0 Å². The zero-order valence-corrected chi connectivity index (χ0v) is 11.1. The summed E-state index contributed by atoms with van der Waals surface area (Å²) in [5.41, 5.74) is 1.45. The molecule has 2 aromatic rings. The first-order chi connectivity index (χ1) is 8.93. The normalized spacial score (nSPS) is 18.7. The zero-order chi connectivity index (χ0) is 12.2. The Morgan fingerprint density at radius 1 is 0.833 bits per heavy atom. The zero-order valence-electron chi connectivity index (χ0n) is 10.3. The van der Waals surface area contributed by atoms with Crippen LogP contribution in [0.3, 0.4) is 0 Å². The molecule has 1 unspecified atom stereocenters. The van der Waals surface area contributed by atoms with E-state index in [1.807, 2.05) is 11.8 Å². The van der Waals surface area contributed by atoms with Gasteiger partial charge in [-0.2, -0.15) is 0 Å². The molecule has 0 amide bonds. The third-order valence-corrected chi connectivity index (χ3v) is 4.52. The maximum Gasteiger partial charge on any atom is 0.0153 e. The average Bonchev–Trinajstić information content (AvgIpc) is 2.89. The lowest BCUT2D eigenvalue weighted by molar-refractivity contribution is 0.794. The van der Waals surface area contributed by atoms with E-state index >= 15 is 0 Å². The van der Waals surface area contributed by atoms with E-state index in [1.54, 1.807) is 0 Å². The van der Waals surface area contributed by atoms with Crippen molar-refractivity contribution in [3.05, 3.63) is 77.2 Å². The van der Waals surface area contributed by atoms with Gasteiger partial charge >= 0.3 is 0 Å². The Labute approximate surface area is 113 Å². The summed E-state index contributed by atoms with van der Waals surface area (Å²) < 4.78 is 0. The molecule has 1 aliphatic rings. The summed E-state index contributed by atoms with van der Waals surface area (Å²) in [6.45, 7) is 0. The van der Waals surface area contributed by atoms with Gasteiger partial charge in [-0.15, -0.1) is 0 Å². The average molecular weight is 252 g/mol. The number of rotatable bonds is 3. The van der Waals surface area contributed by atoms with Gasteiger partial charge in [0.1, 0.15) is 0 Å². The SMILES string of the molecule is C1=C(Sc2ccccc2)C(c2ccccc2)CC1. The maximum absolute atomic E-state index is 2.40. The number of thioether (sulfide) groups is 1. The van der Waals surface area contributed by atoms with Crippen molar-refractivity contribution in [3.8, 4) is 0 Å². The fraction of sp³-hybridized carbons (Fsp3) is 0.176. The van der Waals surface area contributed by atoms with Crippen LogP contribution < -0.4 is 0 Å². The van der Waals surface area contributed by atoms with Crippen LogP contribution >= 0.6 is 11.8 Å². The number of hydrogen-bond acceptors (Lipinski definition) is 1. The molecule has 0 aliphatic heterocycles. The summed E-state index contributed by atoms with van der Waals surface area (Å²) in [5.74, 6) is 0.594. The van der Waals surface area contributed by atoms with Gasteiger partial charge in [-0.3, -0.25) is 0 Å². The van der Waals surface area contributed by atoms with Gasteiger partial charge in [0.25, 0.3) is 0 Å². The molecule has 90 valence electrons. The summed E-state index contributed by atoms with van der Waals surface area (Å²) in [4.78, 5) is 2.85. The van der Waals surface area contributed by atoms with E-state index in [4.69, 9.17) is 0 Å². The Morgan fingerprint density at radius 3 is 2.22 bits per heavy atom. The molecule has 0 fully saturated rings. The van der Waals surface area contributed by atoms with Crippen molar-refractivity contribution in [2.75, 3.05) is 0 Å². The molecule has 18 heavy (non-hydrogen) atoms. The lowest BCUT2D eigenvalue weighted by Crippen LogP contribution is -1.95. The largest absolute Gasteiger partial charge is 0.0942 e. The topological polar surface area (TPSA) is 0 Å². The van der Waals surface area contributed by atoms with Crippen molar-refractivity contribution in [3.63, 3.8) is 0 Å². The standard InChI is InChI=1S/C17H16S/c1-3-8-14(9-4-1)16-12-7-13-17(16)18-15-10-5-2-6-11-15/h1-6,8-11,13,16H,7,12H2. The quantitative estimate of drug-likeness (QED) is 0.719. The van der Waals surface area contributed by atoms with E-state index in [0.717, 1.165) is 0 Å². The molecule has 1 atom stereocenters. The van der Waals surface area contributed by atoms with Crippen LogP contribution in [0, 0.1) is 0 Å². The lowest BCUT2D eigenvalue weighted by Gasteiger charge is -2.15. The third kappa shape index (κ3) is 2.51. The Morgan fingerprint density at radius 2 is 1.50 bits per heavy atom. The molecule has 0 nitrogen and oxygen atoms in total. The predicted octanol–water partition coefficient (Wildman–Crippen LogP) is 5.24. The van der Waals surface area contributed by atoms with Gasteiger partial charge in [0.15, 0.2) is 0 Å². The van der Waals surface area contributed by atoms with Gasteiger partial charge in [0, 0.05) is 10.8 Å². The second-order valence-electron chi connectivity index (χ2n) is 4.56. The van der Waals surface area contributed by atoms with Crippen molar-refractivity contribution >= 4 is 11.8 Å². The molecular formula is C17H16S. The van der Waals surface area contributed by atoms with Crippen molar-refractivity contribution < 1.29 is 0 Å². The monoisotopic (exact) mass is 252 g/mol. The van der Waals surface area contributed by atoms with Crippen LogP contribution in [0.1, 0.15) is 24.3 Å². The number of benzene rings is 2. The van der Waals surface area contributed by atoms with Crippen molar-refractivity contribution in [1.29, 1.82) is 0 Å². The molecule has 0 bridgehead atoms. The maximum atomic E-state index is 2.40. The van der Waals surface area contributed by atoms with E-state index in [2.05, 4.69) is 66.7 Å².